The Morgan fingerprint density at radius 2 is 1.89 bits per heavy atom. The predicted molar refractivity (Wildman–Crippen MR) is 85.4 cm³/mol. The van der Waals surface area contributed by atoms with Crippen LogP contribution in [0.3, 0.4) is 0 Å². The van der Waals surface area contributed by atoms with E-state index in [0.29, 0.717) is 6.04 Å². The van der Waals surface area contributed by atoms with Crippen LogP contribution in [-0.4, -0.2) is 20.1 Å². The molecule has 1 aliphatic carbocycles. The molecule has 0 bridgehead atoms. The minimum Gasteiger partial charge on any atom is -0.381 e. The lowest BCUT2D eigenvalue weighted by atomic mass is 9.84. The van der Waals surface area contributed by atoms with Crippen LogP contribution in [0.4, 0.5) is 11.4 Å². The monoisotopic (exact) mass is 280 g/mol. The van der Waals surface area contributed by atoms with Crippen LogP contribution in [0.15, 0.2) is 18.2 Å². The third-order valence-corrected chi connectivity index (χ3v) is 4.52. The number of hydrogen-bond donors (Lipinski definition) is 1. The second-order valence-electron chi connectivity index (χ2n) is 5.80. The zero-order chi connectivity index (χ0) is 13.8. The number of nitrogens with zero attached hydrogens (tertiary/aromatic N) is 1. The zero-order valence-electron chi connectivity index (χ0n) is 12.2. The number of rotatable bonds is 4. The number of nitrogens with one attached hydrogen (secondary N) is 1. The molecule has 106 valence electrons. The van der Waals surface area contributed by atoms with Crippen LogP contribution in [-0.2, 0) is 0 Å². The highest BCUT2D eigenvalue weighted by Gasteiger charge is 2.21. The maximum Gasteiger partial charge on any atom is 0.0786 e. The molecule has 0 spiro atoms. The van der Waals surface area contributed by atoms with Gasteiger partial charge >= 0.3 is 0 Å². The number of halogens is 1. The van der Waals surface area contributed by atoms with Gasteiger partial charge in [-0.15, -0.1) is 0 Å². The molecule has 0 aliphatic heterocycles. The molecular formula is C16H25ClN2. The Morgan fingerprint density at radius 1 is 1.21 bits per heavy atom. The van der Waals surface area contributed by atoms with Crippen LogP contribution in [0.5, 0.6) is 0 Å². The number of anilines is 2. The number of hydrogen-bond acceptors (Lipinski definition) is 2. The van der Waals surface area contributed by atoms with Crippen molar-refractivity contribution in [1.82, 2.24) is 0 Å². The highest BCUT2D eigenvalue weighted by molar-refractivity contribution is 6.34. The molecule has 1 N–H and O–H groups in total. The van der Waals surface area contributed by atoms with Crippen LogP contribution < -0.4 is 10.2 Å². The second-order valence-corrected chi connectivity index (χ2v) is 6.21. The number of benzene rings is 1. The summed E-state index contributed by atoms with van der Waals surface area (Å²) in [6.07, 6.45) is 6.58. The van der Waals surface area contributed by atoms with Gasteiger partial charge in [0.1, 0.15) is 0 Å². The highest BCUT2D eigenvalue weighted by atomic mass is 35.5. The van der Waals surface area contributed by atoms with Gasteiger partial charge in [0.2, 0.25) is 0 Å². The quantitative estimate of drug-likeness (QED) is 0.853. The SMILES string of the molecule is CCC1CCC(Nc2cccc(Cl)c2N(C)C)CC1. The lowest BCUT2D eigenvalue weighted by Gasteiger charge is -2.30. The maximum absolute atomic E-state index is 6.31. The molecule has 0 amide bonds. The Morgan fingerprint density at radius 3 is 2.47 bits per heavy atom. The van der Waals surface area contributed by atoms with Crippen molar-refractivity contribution >= 4 is 23.0 Å². The molecule has 19 heavy (non-hydrogen) atoms. The Bertz CT molecular complexity index is 409. The van der Waals surface area contributed by atoms with Gasteiger partial charge in [0.25, 0.3) is 0 Å². The summed E-state index contributed by atoms with van der Waals surface area (Å²) in [4.78, 5) is 2.09. The van der Waals surface area contributed by atoms with E-state index < -0.39 is 0 Å². The van der Waals surface area contributed by atoms with Crippen molar-refractivity contribution < 1.29 is 0 Å². The van der Waals surface area contributed by atoms with Gasteiger partial charge in [0, 0.05) is 20.1 Å². The van der Waals surface area contributed by atoms with E-state index >= 15 is 0 Å². The molecule has 1 saturated carbocycles. The van der Waals surface area contributed by atoms with E-state index in [1.807, 2.05) is 26.2 Å². The molecule has 1 aliphatic rings. The summed E-state index contributed by atoms with van der Waals surface area (Å²) in [5.74, 6) is 0.936. The molecule has 2 nitrogen and oxygen atoms in total. The van der Waals surface area contributed by atoms with Gasteiger partial charge in [-0.2, -0.15) is 0 Å². The van der Waals surface area contributed by atoms with Crippen LogP contribution in [0, 0.1) is 5.92 Å². The Hall–Kier alpha value is -0.890. The van der Waals surface area contributed by atoms with E-state index in [4.69, 9.17) is 11.6 Å². The van der Waals surface area contributed by atoms with Crippen LogP contribution in [0.2, 0.25) is 5.02 Å². The first-order valence-corrected chi connectivity index (χ1v) is 7.72. The summed E-state index contributed by atoms with van der Waals surface area (Å²) in [5, 5.41) is 4.51. The van der Waals surface area contributed by atoms with Crippen LogP contribution in [0.1, 0.15) is 39.0 Å². The molecule has 0 unspecified atom stereocenters. The minimum absolute atomic E-state index is 0.597. The fraction of sp³-hybridized carbons (Fsp3) is 0.625. The molecule has 3 heteroatoms. The van der Waals surface area contributed by atoms with Gasteiger partial charge in [0.15, 0.2) is 0 Å². The van der Waals surface area contributed by atoms with Gasteiger partial charge in [0.05, 0.1) is 16.4 Å². The topological polar surface area (TPSA) is 15.3 Å². The molecule has 0 heterocycles. The van der Waals surface area contributed by atoms with Crippen molar-refractivity contribution in [2.24, 2.45) is 5.92 Å². The zero-order valence-corrected chi connectivity index (χ0v) is 13.0. The van der Waals surface area contributed by atoms with Crippen molar-refractivity contribution in [2.75, 3.05) is 24.3 Å². The van der Waals surface area contributed by atoms with Crippen molar-refractivity contribution in [2.45, 2.75) is 45.1 Å². The Kier molecular flexibility index (Phi) is 4.98. The standard InChI is InChI=1S/C16H25ClN2/c1-4-12-8-10-13(11-9-12)18-15-7-5-6-14(17)16(15)19(2)3/h5-7,12-13,18H,4,8-11H2,1-3H3. The largest absolute Gasteiger partial charge is 0.381 e. The first-order chi connectivity index (χ1) is 9.11. The molecular weight excluding hydrogens is 256 g/mol. The normalized spacial score (nSPS) is 23.2. The average molecular weight is 281 g/mol. The van der Waals surface area contributed by atoms with E-state index in [1.54, 1.807) is 0 Å². The lowest BCUT2D eigenvalue weighted by molar-refractivity contribution is 0.330. The van der Waals surface area contributed by atoms with Crippen molar-refractivity contribution in [3.8, 4) is 0 Å². The maximum atomic E-state index is 6.31. The summed E-state index contributed by atoms with van der Waals surface area (Å²) in [6.45, 7) is 2.31. The number of para-hydroxylation sites is 1. The van der Waals surface area contributed by atoms with E-state index in [-0.39, 0.29) is 0 Å². The van der Waals surface area contributed by atoms with Crippen molar-refractivity contribution in [3.63, 3.8) is 0 Å². The highest BCUT2D eigenvalue weighted by Crippen LogP contribution is 2.35. The molecule has 1 fully saturated rings. The fourth-order valence-electron chi connectivity index (χ4n) is 3.02. The third-order valence-electron chi connectivity index (χ3n) is 4.22. The van der Waals surface area contributed by atoms with Crippen molar-refractivity contribution in [3.05, 3.63) is 23.2 Å². The van der Waals surface area contributed by atoms with E-state index in [1.165, 1.54) is 32.1 Å². The van der Waals surface area contributed by atoms with Gasteiger partial charge in [-0.3, -0.25) is 0 Å². The van der Waals surface area contributed by atoms with Gasteiger partial charge in [-0.1, -0.05) is 31.0 Å². The summed E-state index contributed by atoms with van der Waals surface area (Å²) < 4.78 is 0. The first kappa shape index (κ1) is 14.5. The van der Waals surface area contributed by atoms with Crippen LogP contribution in [0.25, 0.3) is 0 Å². The molecule has 0 radical (unpaired) electrons. The Labute approximate surface area is 122 Å². The summed E-state index contributed by atoms with van der Waals surface area (Å²) in [7, 11) is 4.08. The predicted octanol–water partition coefficient (Wildman–Crippen LogP) is 4.79. The van der Waals surface area contributed by atoms with E-state index in [9.17, 15) is 0 Å². The summed E-state index contributed by atoms with van der Waals surface area (Å²) in [5.41, 5.74) is 2.26. The molecule has 1 aromatic carbocycles. The van der Waals surface area contributed by atoms with Gasteiger partial charge < -0.3 is 10.2 Å². The van der Waals surface area contributed by atoms with E-state index in [0.717, 1.165) is 22.3 Å². The van der Waals surface area contributed by atoms with E-state index in [2.05, 4.69) is 23.2 Å². The Balaban J connectivity index is 2.06. The molecule has 1 aromatic rings. The second kappa shape index (κ2) is 6.51. The lowest BCUT2D eigenvalue weighted by Crippen LogP contribution is -2.27. The van der Waals surface area contributed by atoms with Crippen LogP contribution >= 0.6 is 11.6 Å². The summed E-state index contributed by atoms with van der Waals surface area (Å²) in [6, 6.07) is 6.71. The fourth-order valence-corrected chi connectivity index (χ4v) is 3.36. The van der Waals surface area contributed by atoms with Gasteiger partial charge in [-0.05, 0) is 43.7 Å². The van der Waals surface area contributed by atoms with Crippen molar-refractivity contribution in [1.29, 1.82) is 0 Å². The molecule has 2 rings (SSSR count). The molecule has 0 atom stereocenters. The average Bonchev–Trinajstić information content (AvgIpc) is 2.39. The first-order valence-electron chi connectivity index (χ1n) is 7.34. The molecule has 0 aromatic heterocycles. The summed E-state index contributed by atoms with van der Waals surface area (Å²) >= 11 is 6.31. The minimum atomic E-state index is 0.597. The third kappa shape index (κ3) is 3.56. The molecule has 0 saturated heterocycles. The van der Waals surface area contributed by atoms with Gasteiger partial charge in [-0.25, -0.2) is 0 Å². The smallest absolute Gasteiger partial charge is 0.0786 e.